The average molecular weight is 227 g/mol. The van der Waals surface area contributed by atoms with Gasteiger partial charge in [0.15, 0.2) is 0 Å². The highest BCUT2D eigenvalue weighted by molar-refractivity contribution is 5.29. The van der Waals surface area contributed by atoms with Crippen molar-refractivity contribution in [1.82, 2.24) is 0 Å². The highest BCUT2D eigenvalue weighted by Crippen LogP contribution is 2.17. The van der Waals surface area contributed by atoms with E-state index in [-0.39, 0.29) is 11.9 Å². The van der Waals surface area contributed by atoms with Crippen LogP contribution in [-0.2, 0) is 11.3 Å². The van der Waals surface area contributed by atoms with Crippen LogP contribution in [0.1, 0.15) is 19.4 Å². The Morgan fingerprint density at radius 2 is 2.12 bits per heavy atom. The molecule has 2 N–H and O–H groups in total. The molecule has 90 valence electrons. The normalized spacial score (nSPS) is 12.5. The van der Waals surface area contributed by atoms with Gasteiger partial charge in [0.1, 0.15) is 17.7 Å². The summed E-state index contributed by atoms with van der Waals surface area (Å²) in [5.74, 6) is 0.161. The van der Waals surface area contributed by atoms with E-state index in [1.807, 2.05) is 13.8 Å². The molecule has 0 radical (unpaired) electrons. The van der Waals surface area contributed by atoms with Gasteiger partial charge in [0.25, 0.3) is 0 Å². The zero-order valence-electron chi connectivity index (χ0n) is 9.70. The molecule has 0 spiro atoms. The topological polar surface area (TPSA) is 44.5 Å². The van der Waals surface area contributed by atoms with E-state index >= 15 is 0 Å². The van der Waals surface area contributed by atoms with E-state index in [2.05, 4.69) is 0 Å². The van der Waals surface area contributed by atoms with E-state index in [1.165, 1.54) is 12.1 Å². The van der Waals surface area contributed by atoms with Crippen LogP contribution in [0.2, 0.25) is 0 Å². The Labute approximate surface area is 95.4 Å². The van der Waals surface area contributed by atoms with Crippen molar-refractivity contribution in [3.05, 3.63) is 29.6 Å². The van der Waals surface area contributed by atoms with E-state index in [0.717, 1.165) is 5.56 Å². The molecule has 1 atom stereocenters. The van der Waals surface area contributed by atoms with Gasteiger partial charge in [0, 0.05) is 19.2 Å². The molecular weight excluding hydrogens is 209 g/mol. The van der Waals surface area contributed by atoms with Gasteiger partial charge in [-0.25, -0.2) is 4.39 Å². The lowest BCUT2D eigenvalue weighted by Gasteiger charge is -2.15. The van der Waals surface area contributed by atoms with E-state index < -0.39 is 0 Å². The van der Waals surface area contributed by atoms with Crippen LogP contribution in [0.5, 0.6) is 5.75 Å². The second-order valence-corrected chi connectivity index (χ2v) is 3.59. The molecule has 0 aliphatic heterocycles. The number of benzene rings is 1. The number of hydrogen-bond acceptors (Lipinski definition) is 3. The van der Waals surface area contributed by atoms with Gasteiger partial charge in [-0.1, -0.05) is 0 Å². The summed E-state index contributed by atoms with van der Waals surface area (Å²) in [6, 6.07) is 4.49. The smallest absolute Gasteiger partial charge is 0.127 e. The molecule has 0 bridgehead atoms. The minimum atomic E-state index is -0.332. The van der Waals surface area contributed by atoms with E-state index in [4.69, 9.17) is 15.2 Å². The quantitative estimate of drug-likeness (QED) is 0.809. The molecule has 0 saturated carbocycles. The van der Waals surface area contributed by atoms with Crippen molar-refractivity contribution in [2.24, 2.45) is 5.73 Å². The van der Waals surface area contributed by atoms with Gasteiger partial charge in [0.05, 0.1) is 6.61 Å². The number of nitrogens with two attached hydrogens (primary N) is 1. The Hall–Kier alpha value is -1.13. The molecule has 0 saturated heterocycles. The fourth-order valence-corrected chi connectivity index (χ4v) is 1.36. The SMILES string of the molecule is CCOCC(C)Oc1cc(F)cc(CN)c1. The molecule has 1 aromatic carbocycles. The van der Waals surface area contributed by atoms with Crippen molar-refractivity contribution in [2.45, 2.75) is 26.5 Å². The lowest BCUT2D eigenvalue weighted by Crippen LogP contribution is -2.19. The summed E-state index contributed by atoms with van der Waals surface area (Å²) in [6.07, 6.45) is -0.104. The van der Waals surface area contributed by atoms with Gasteiger partial charge >= 0.3 is 0 Å². The molecule has 0 fully saturated rings. The molecule has 1 rings (SSSR count). The minimum Gasteiger partial charge on any atom is -0.488 e. The first-order valence-corrected chi connectivity index (χ1v) is 5.39. The van der Waals surface area contributed by atoms with Crippen LogP contribution in [0.3, 0.4) is 0 Å². The molecule has 1 unspecified atom stereocenters. The van der Waals surface area contributed by atoms with Crippen molar-refractivity contribution >= 4 is 0 Å². The van der Waals surface area contributed by atoms with E-state index in [0.29, 0.717) is 25.5 Å². The first-order chi connectivity index (χ1) is 7.65. The summed E-state index contributed by atoms with van der Waals surface area (Å²) in [5, 5.41) is 0. The fourth-order valence-electron chi connectivity index (χ4n) is 1.36. The van der Waals surface area contributed by atoms with Crippen molar-refractivity contribution in [2.75, 3.05) is 13.2 Å². The zero-order chi connectivity index (χ0) is 12.0. The summed E-state index contributed by atoms with van der Waals surface area (Å²) in [6.45, 7) is 5.23. The highest BCUT2D eigenvalue weighted by Gasteiger charge is 2.06. The standard InChI is InChI=1S/C12H18FNO2/c1-3-15-8-9(2)16-12-5-10(7-14)4-11(13)6-12/h4-6,9H,3,7-8,14H2,1-2H3. The Morgan fingerprint density at radius 3 is 2.75 bits per heavy atom. The minimum absolute atomic E-state index is 0.104. The summed E-state index contributed by atoms with van der Waals surface area (Å²) in [7, 11) is 0. The maximum atomic E-state index is 13.2. The maximum absolute atomic E-state index is 13.2. The second-order valence-electron chi connectivity index (χ2n) is 3.59. The summed E-state index contributed by atoms with van der Waals surface area (Å²) < 4.78 is 23.9. The van der Waals surface area contributed by atoms with Crippen molar-refractivity contribution in [1.29, 1.82) is 0 Å². The molecular formula is C12H18FNO2. The molecule has 0 aromatic heterocycles. The third-order valence-electron chi connectivity index (χ3n) is 2.06. The largest absolute Gasteiger partial charge is 0.488 e. The second kappa shape index (κ2) is 6.45. The molecule has 4 heteroatoms. The van der Waals surface area contributed by atoms with Crippen LogP contribution in [0.25, 0.3) is 0 Å². The molecule has 16 heavy (non-hydrogen) atoms. The van der Waals surface area contributed by atoms with Gasteiger partial charge in [-0.05, 0) is 31.5 Å². The van der Waals surface area contributed by atoms with Crippen LogP contribution in [0.4, 0.5) is 4.39 Å². The number of rotatable bonds is 6. The molecule has 0 amide bonds. The molecule has 3 nitrogen and oxygen atoms in total. The lowest BCUT2D eigenvalue weighted by atomic mass is 10.2. The van der Waals surface area contributed by atoms with Crippen LogP contribution in [0, 0.1) is 5.82 Å². The van der Waals surface area contributed by atoms with Gasteiger partial charge in [-0.15, -0.1) is 0 Å². The fraction of sp³-hybridized carbons (Fsp3) is 0.500. The number of ether oxygens (including phenoxy) is 2. The molecule has 1 aromatic rings. The number of halogens is 1. The first-order valence-electron chi connectivity index (χ1n) is 5.39. The molecule has 0 aliphatic rings. The molecule has 0 heterocycles. The van der Waals surface area contributed by atoms with Gasteiger partial charge < -0.3 is 15.2 Å². The lowest BCUT2D eigenvalue weighted by molar-refractivity contribution is 0.0655. The van der Waals surface area contributed by atoms with Crippen LogP contribution < -0.4 is 10.5 Å². The highest BCUT2D eigenvalue weighted by atomic mass is 19.1. The predicted molar refractivity (Wildman–Crippen MR) is 60.9 cm³/mol. The summed E-state index contributed by atoms with van der Waals surface area (Å²) in [4.78, 5) is 0. The third kappa shape index (κ3) is 4.16. The van der Waals surface area contributed by atoms with Crippen LogP contribution in [0.15, 0.2) is 18.2 Å². The van der Waals surface area contributed by atoms with Gasteiger partial charge in [-0.3, -0.25) is 0 Å². The van der Waals surface area contributed by atoms with E-state index in [9.17, 15) is 4.39 Å². The van der Waals surface area contributed by atoms with E-state index in [1.54, 1.807) is 6.07 Å². The van der Waals surface area contributed by atoms with Gasteiger partial charge in [0.2, 0.25) is 0 Å². The Kier molecular flexibility index (Phi) is 5.22. The van der Waals surface area contributed by atoms with Crippen LogP contribution in [-0.4, -0.2) is 19.3 Å². The maximum Gasteiger partial charge on any atom is 0.127 e. The number of hydrogen-bond donors (Lipinski definition) is 1. The predicted octanol–water partition coefficient (Wildman–Crippen LogP) is 2.09. The van der Waals surface area contributed by atoms with Crippen molar-refractivity contribution < 1.29 is 13.9 Å². The van der Waals surface area contributed by atoms with Crippen molar-refractivity contribution in [3.8, 4) is 5.75 Å². The average Bonchev–Trinajstić information content (AvgIpc) is 2.25. The van der Waals surface area contributed by atoms with Gasteiger partial charge in [-0.2, -0.15) is 0 Å². The Bertz CT molecular complexity index is 331. The molecule has 0 aliphatic carbocycles. The van der Waals surface area contributed by atoms with Crippen LogP contribution >= 0.6 is 0 Å². The monoisotopic (exact) mass is 227 g/mol. The van der Waals surface area contributed by atoms with Crippen molar-refractivity contribution in [3.63, 3.8) is 0 Å². The Balaban J connectivity index is 2.61. The first kappa shape index (κ1) is 12.9. The third-order valence-corrected chi connectivity index (χ3v) is 2.06. The summed E-state index contributed by atoms with van der Waals surface area (Å²) in [5.41, 5.74) is 6.17. The Morgan fingerprint density at radius 1 is 1.38 bits per heavy atom. The summed E-state index contributed by atoms with van der Waals surface area (Å²) >= 11 is 0. The zero-order valence-corrected chi connectivity index (χ0v) is 9.70.